The second-order valence-electron chi connectivity index (χ2n) is 5.90. The first-order valence-electron chi connectivity index (χ1n) is 6.62. The monoisotopic (exact) mass is 285 g/mol. The zero-order chi connectivity index (χ0) is 14.3. The minimum Gasteiger partial charge on any atom is -0.236 e. The Labute approximate surface area is 122 Å². The Morgan fingerprint density at radius 2 is 1.75 bits per heavy atom. The van der Waals surface area contributed by atoms with Crippen LogP contribution in [0.3, 0.4) is 0 Å². The average Bonchev–Trinajstić information content (AvgIpc) is 2.80. The van der Waals surface area contributed by atoms with Crippen LogP contribution in [0.1, 0.15) is 26.3 Å². The molecule has 3 aromatic rings. The average molecular weight is 285 g/mol. The highest BCUT2D eigenvalue weighted by atomic mass is 32.1. The van der Waals surface area contributed by atoms with Crippen LogP contribution in [0.2, 0.25) is 0 Å². The summed E-state index contributed by atoms with van der Waals surface area (Å²) >= 11 is 1.61. The van der Waals surface area contributed by atoms with Crippen molar-refractivity contribution >= 4 is 21.6 Å². The molecule has 1 heterocycles. The van der Waals surface area contributed by atoms with E-state index >= 15 is 0 Å². The quantitative estimate of drug-likeness (QED) is 0.583. The number of aromatic nitrogens is 1. The van der Waals surface area contributed by atoms with Gasteiger partial charge in [0, 0.05) is 11.1 Å². The van der Waals surface area contributed by atoms with Crippen LogP contribution in [0.5, 0.6) is 0 Å². The largest absolute Gasteiger partial charge is 0.236 e. The van der Waals surface area contributed by atoms with Crippen molar-refractivity contribution in [2.45, 2.75) is 26.2 Å². The molecule has 0 fully saturated rings. The molecule has 0 atom stereocenters. The van der Waals surface area contributed by atoms with Gasteiger partial charge in [0.25, 0.3) is 0 Å². The third-order valence-electron chi connectivity index (χ3n) is 3.29. The van der Waals surface area contributed by atoms with Crippen LogP contribution < -0.4 is 0 Å². The van der Waals surface area contributed by atoms with E-state index in [0.717, 1.165) is 26.4 Å². The van der Waals surface area contributed by atoms with Crippen LogP contribution in [0, 0.1) is 5.82 Å². The van der Waals surface area contributed by atoms with E-state index in [1.165, 1.54) is 6.07 Å². The molecule has 0 aliphatic rings. The van der Waals surface area contributed by atoms with E-state index in [1.54, 1.807) is 17.4 Å². The summed E-state index contributed by atoms with van der Waals surface area (Å²) in [5.41, 5.74) is 2.35. The summed E-state index contributed by atoms with van der Waals surface area (Å²) < 4.78 is 15.4. The molecule has 0 bridgehead atoms. The molecule has 0 unspecified atom stereocenters. The predicted molar refractivity (Wildman–Crippen MR) is 83.7 cm³/mol. The fourth-order valence-electron chi connectivity index (χ4n) is 2.45. The lowest BCUT2D eigenvalue weighted by Crippen LogP contribution is -2.15. The molecule has 2 aromatic carbocycles. The maximum absolute atomic E-state index is 14.3. The minimum absolute atomic E-state index is 0.158. The Bertz CT molecular complexity index is 735. The molecule has 1 nitrogen and oxygen atoms in total. The van der Waals surface area contributed by atoms with Crippen molar-refractivity contribution in [3.8, 4) is 10.6 Å². The van der Waals surface area contributed by atoms with Crippen LogP contribution in [-0.4, -0.2) is 4.98 Å². The molecule has 0 aliphatic heterocycles. The van der Waals surface area contributed by atoms with Crippen LogP contribution in [-0.2, 0) is 5.41 Å². The zero-order valence-electron chi connectivity index (χ0n) is 11.8. The first kappa shape index (κ1) is 13.3. The first-order chi connectivity index (χ1) is 9.47. The van der Waals surface area contributed by atoms with Gasteiger partial charge in [-0.05, 0) is 23.6 Å². The molecular weight excluding hydrogens is 269 g/mol. The maximum Gasteiger partial charge on any atom is 0.127 e. The van der Waals surface area contributed by atoms with Gasteiger partial charge in [-0.1, -0.05) is 45.0 Å². The van der Waals surface area contributed by atoms with Crippen LogP contribution >= 0.6 is 11.3 Å². The highest BCUT2D eigenvalue weighted by molar-refractivity contribution is 7.21. The molecule has 20 heavy (non-hydrogen) atoms. The van der Waals surface area contributed by atoms with E-state index in [1.807, 2.05) is 51.1 Å². The second kappa shape index (κ2) is 4.67. The Morgan fingerprint density at radius 3 is 2.45 bits per heavy atom. The molecule has 102 valence electrons. The van der Waals surface area contributed by atoms with Gasteiger partial charge >= 0.3 is 0 Å². The topological polar surface area (TPSA) is 12.9 Å². The molecule has 0 radical (unpaired) electrons. The van der Waals surface area contributed by atoms with Gasteiger partial charge in [0.2, 0.25) is 0 Å². The highest BCUT2D eigenvalue weighted by Crippen LogP contribution is 2.38. The molecular formula is C17H16FNS. The maximum atomic E-state index is 14.3. The van der Waals surface area contributed by atoms with Gasteiger partial charge in [0.15, 0.2) is 0 Å². The van der Waals surface area contributed by atoms with Gasteiger partial charge < -0.3 is 0 Å². The van der Waals surface area contributed by atoms with Crippen molar-refractivity contribution in [2.24, 2.45) is 0 Å². The van der Waals surface area contributed by atoms with Gasteiger partial charge in [0.05, 0.1) is 10.2 Å². The molecule has 3 heteroatoms. The Balaban J connectivity index is 2.26. The normalized spacial score (nSPS) is 12.0. The third-order valence-corrected chi connectivity index (χ3v) is 4.36. The van der Waals surface area contributed by atoms with Gasteiger partial charge in [0.1, 0.15) is 10.8 Å². The molecule has 0 saturated carbocycles. The van der Waals surface area contributed by atoms with E-state index < -0.39 is 0 Å². The fraction of sp³-hybridized carbons (Fsp3) is 0.235. The number of para-hydroxylation sites is 1. The molecule has 0 amide bonds. The van der Waals surface area contributed by atoms with Gasteiger partial charge in [-0.2, -0.15) is 0 Å². The number of benzene rings is 2. The Hall–Kier alpha value is -1.74. The van der Waals surface area contributed by atoms with Crippen molar-refractivity contribution in [3.63, 3.8) is 0 Å². The first-order valence-corrected chi connectivity index (χ1v) is 7.43. The molecule has 0 saturated heterocycles. The van der Waals surface area contributed by atoms with Crippen LogP contribution in [0.15, 0.2) is 42.5 Å². The van der Waals surface area contributed by atoms with Crippen molar-refractivity contribution in [2.75, 3.05) is 0 Å². The molecule has 0 spiro atoms. The van der Waals surface area contributed by atoms with Crippen molar-refractivity contribution in [1.82, 2.24) is 4.98 Å². The molecule has 3 rings (SSSR count). The van der Waals surface area contributed by atoms with E-state index in [2.05, 4.69) is 4.98 Å². The SMILES string of the molecule is CC(C)(C)c1c(F)cccc1-c1nc2ccccc2s1. The lowest BCUT2D eigenvalue weighted by Gasteiger charge is -2.22. The van der Waals surface area contributed by atoms with Gasteiger partial charge in [-0.25, -0.2) is 9.37 Å². The predicted octanol–water partition coefficient (Wildman–Crippen LogP) is 5.40. The number of rotatable bonds is 1. The number of hydrogen-bond acceptors (Lipinski definition) is 2. The molecule has 0 N–H and O–H groups in total. The number of fused-ring (bicyclic) bond motifs is 1. The lowest BCUT2D eigenvalue weighted by molar-refractivity contribution is 0.524. The minimum atomic E-state index is -0.251. The second-order valence-corrected chi connectivity index (χ2v) is 6.93. The number of halogens is 1. The summed E-state index contributed by atoms with van der Waals surface area (Å²) in [4.78, 5) is 4.65. The summed E-state index contributed by atoms with van der Waals surface area (Å²) in [5.74, 6) is -0.158. The summed E-state index contributed by atoms with van der Waals surface area (Å²) in [6, 6.07) is 13.3. The van der Waals surface area contributed by atoms with E-state index in [4.69, 9.17) is 0 Å². The number of thiazole rings is 1. The summed E-state index contributed by atoms with van der Waals surface area (Å²) in [7, 11) is 0. The summed E-state index contributed by atoms with van der Waals surface area (Å²) in [6.07, 6.45) is 0. The van der Waals surface area contributed by atoms with Crippen LogP contribution in [0.4, 0.5) is 4.39 Å². The smallest absolute Gasteiger partial charge is 0.127 e. The molecule has 1 aromatic heterocycles. The third kappa shape index (κ3) is 2.22. The van der Waals surface area contributed by atoms with Crippen molar-refractivity contribution in [3.05, 3.63) is 53.8 Å². The lowest BCUT2D eigenvalue weighted by atomic mass is 9.83. The van der Waals surface area contributed by atoms with E-state index in [9.17, 15) is 4.39 Å². The highest BCUT2D eigenvalue weighted by Gasteiger charge is 2.24. The standard InChI is InChI=1S/C17H16FNS/c1-17(2,3)15-11(7-6-8-12(15)18)16-19-13-9-4-5-10-14(13)20-16/h4-10H,1-3H3. The van der Waals surface area contributed by atoms with Gasteiger partial charge in [-0.15, -0.1) is 11.3 Å². The van der Waals surface area contributed by atoms with Crippen LogP contribution in [0.25, 0.3) is 20.8 Å². The molecule has 0 aliphatic carbocycles. The Kier molecular flexibility index (Phi) is 3.09. The van der Waals surface area contributed by atoms with E-state index in [0.29, 0.717) is 0 Å². The summed E-state index contributed by atoms with van der Waals surface area (Å²) in [5, 5.41) is 0.885. The van der Waals surface area contributed by atoms with Crippen molar-refractivity contribution in [1.29, 1.82) is 0 Å². The van der Waals surface area contributed by atoms with E-state index in [-0.39, 0.29) is 11.2 Å². The number of nitrogens with zero attached hydrogens (tertiary/aromatic N) is 1. The fourth-order valence-corrected chi connectivity index (χ4v) is 3.45. The van der Waals surface area contributed by atoms with Gasteiger partial charge in [-0.3, -0.25) is 0 Å². The van der Waals surface area contributed by atoms with Crippen molar-refractivity contribution < 1.29 is 4.39 Å². The Morgan fingerprint density at radius 1 is 1.00 bits per heavy atom. The summed E-state index contributed by atoms with van der Waals surface area (Å²) in [6.45, 7) is 6.09. The number of hydrogen-bond donors (Lipinski definition) is 0. The zero-order valence-corrected chi connectivity index (χ0v) is 12.6.